The van der Waals surface area contributed by atoms with E-state index in [9.17, 15) is 39.3 Å². The number of nitrogens with two attached hydrogens (primary N) is 1. The Kier molecular flexibility index (Phi) is 9.02. The van der Waals surface area contributed by atoms with Crippen molar-refractivity contribution in [3.05, 3.63) is 12.7 Å². The van der Waals surface area contributed by atoms with Crippen LogP contribution in [0, 0.1) is 0 Å². The van der Waals surface area contributed by atoms with Crippen molar-refractivity contribution >= 4 is 32.6 Å². The van der Waals surface area contributed by atoms with Crippen molar-refractivity contribution in [3.63, 3.8) is 0 Å². The summed E-state index contributed by atoms with van der Waals surface area (Å²) in [4.78, 5) is 32.5. The van der Waals surface area contributed by atoms with Gasteiger partial charge in [-0.2, -0.15) is 4.31 Å². The van der Waals surface area contributed by atoms with Gasteiger partial charge in [0.15, 0.2) is 29.8 Å². The van der Waals surface area contributed by atoms with Gasteiger partial charge in [0.1, 0.15) is 60.7 Å². The van der Waals surface area contributed by atoms with E-state index in [2.05, 4.69) is 23.8 Å². The van der Waals surface area contributed by atoms with Crippen LogP contribution in [0.3, 0.4) is 0 Å². The Morgan fingerprint density at radius 2 is 1.74 bits per heavy atom. The number of aromatic nitrogens is 4. The molecule has 0 amide bonds. The molecule has 3 fully saturated rings. The molecule has 2 aromatic rings. The second kappa shape index (κ2) is 11.9. The number of nitrogens with zero attached hydrogens (tertiary/aromatic N) is 4. The minimum Gasteiger partial charge on any atom is -0.394 e. The number of phosphoric acid groups is 2. The predicted molar refractivity (Wildman–Crippen MR) is 135 cm³/mol. The number of fused-ring (bicyclic) bond motifs is 2. The van der Waals surface area contributed by atoms with Crippen molar-refractivity contribution < 1.29 is 76.8 Å². The molecule has 0 bridgehead atoms. The van der Waals surface area contributed by atoms with E-state index < -0.39 is 96.0 Å². The fourth-order valence-corrected chi connectivity index (χ4v) is 7.09. The topological polar surface area (TPSA) is 310 Å². The normalized spacial score (nSPS) is 37.6. The van der Waals surface area contributed by atoms with Crippen LogP contribution in [-0.4, -0.2) is 129 Å². The predicted octanol–water partition coefficient (Wildman–Crippen LogP) is -2.76. The smallest absolute Gasteiger partial charge is 0.394 e. The molecule has 5 heterocycles. The van der Waals surface area contributed by atoms with E-state index in [4.69, 9.17) is 34.3 Å². The van der Waals surface area contributed by atoms with Crippen LogP contribution in [0.15, 0.2) is 12.7 Å². The molecule has 0 aromatic carbocycles. The standard InChI is InChI=1S/C20H31N5O16P2/c1-20(2)38-14-8(36-18(15(14)39-20)25-6-24-9-16(21)22-5-23-17(9)25)4-35-42(31,32)41-43(33,34)40-19-12(30)10(28)11(29)13(37-19)7(27)3-26/h5-8,10-15,18-19,26-30H,3-4H2,1-2H3,(H,31,32)(H,33,34)(H2,21,22,23)/t7-,8?,10?,11?,12?,13?,14?,15?,18?,19?/m1/s1. The molecule has 0 aliphatic carbocycles. The molecule has 9 N–H and O–H groups in total. The number of anilines is 1. The van der Waals surface area contributed by atoms with Crippen LogP contribution in [0.5, 0.6) is 0 Å². The summed E-state index contributed by atoms with van der Waals surface area (Å²) in [5.74, 6) is -0.984. The summed E-state index contributed by atoms with van der Waals surface area (Å²) in [5, 5.41) is 48.9. The number of imidazole rings is 1. The van der Waals surface area contributed by atoms with E-state index in [1.54, 1.807) is 13.8 Å². The van der Waals surface area contributed by atoms with Gasteiger partial charge >= 0.3 is 15.6 Å². The monoisotopic (exact) mass is 659 g/mol. The van der Waals surface area contributed by atoms with Crippen LogP contribution in [-0.2, 0) is 41.4 Å². The molecule has 5 rings (SSSR count). The van der Waals surface area contributed by atoms with Gasteiger partial charge in [0.05, 0.1) is 19.5 Å². The molecule has 242 valence electrons. The Morgan fingerprint density at radius 1 is 1.05 bits per heavy atom. The first-order valence-electron chi connectivity index (χ1n) is 12.6. The SMILES string of the molecule is CC1(C)OC2C(COP(=O)(O)OP(=O)(O)OC3OC([C@H](O)CO)C(O)C(O)C3O)OC(n3cnc4c(N)ncnc43)C2O1. The van der Waals surface area contributed by atoms with E-state index in [-0.39, 0.29) is 5.82 Å². The van der Waals surface area contributed by atoms with Gasteiger partial charge in [-0.3, -0.25) is 13.6 Å². The average Bonchev–Trinajstić information content (AvgIpc) is 3.58. The molecule has 3 aliphatic heterocycles. The highest BCUT2D eigenvalue weighted by Crippen LogP contribution is 2.61. The average molecular weight is 659 g/mol. The summed E-state index contributed by atoms with van der Waals surface area (Å²) in [7, 11) is -11.0. The summed E-state index contributed by atoms with van der Waals surface area (Å²) >= 11 is 0. The minimum atomic E-state index is -5.61. The molecule has 3 aliphatic rings. The van der Waals surface area contributed by atoms with Crippen molar-refractivity contribution in [3.8, 4) is 0 Å². The summed E-state index contributed by atoms with van der Waals surface area (Å²) < 4.78 is 63.3. The number of aliphatic hydroxyl groups excluding tert-OH is 5. The highest BCUT2D eigenvalue weighted by atomic mass is 31.3. The maximum Gasteiger partial charge on any atom is 0.483 e. The molecular formula is C20H31N5O16P2. The quantitative estimate of drug-likeness (QED) is 0.120. The van der Waals surface area contributed by atoms with Crippen molar-refractivity contribution in [2.45, 2.75) is 81.0 Å². The van der Waals surface area contributed by atoms with E-state index in [1.807, 2.05) is 0 Å². The van der Waals surface area contributed by atoms with Gasteiger partial charge < -0.3 is 60.0 Å². The zero-order valence-electron chi connectivity index (χ0n) is 22.4. The Morgan fingerprint density at radius 3 is 2.44 bits per heavy atom. The summed E-state index contributed by atoms with van der Waals surface area (Å²) in [6.45, 7) is 1.58. The van der Waals surface area contributed by atoms with Gasteiger partial charge in [0, 0.05) is 0 Å². The number of aliphatic hydroxyl groups is 5. The lowest BCUT2D eigenvalue weighted by Crippen LogP contribution is -2.61. The van der Waals surface area contributed by atoms with Gasteiger partial charge in [-0.1, -0.05) is 0 Å². The van der Waals surface area contributed by atoms with Gasteiger partial charge in [-0.05, 0) is 13.8 Å². The second-order valence-corrected chi connectivity index (χ2v) is 13.3. The van der Waals surface area contributed by atoms with Crippen LogP contribution < -0.4 is 5.73 Å². The van der Waals surface area contributed by atoms with E-state index in [1.165, 1.54) is 17.2 Å². The zero-order chi connectivity index (χ0) is 31.5. The molecular weight excluding hydrogens is 628 g/mol. The Balaban J connectivity index is 1.26. The molecule has 0 radical (unpaired) electrons. The summed E-state index contributed by atoms with van der Waals surface area (Å²) in [5.41, 5.74) is 6.46. The third-order valence-electron chi connectivity index (χ3n) is 6.80. The number of hydrogen-bond donors (Lipinski definition) is 8. The van der Waals surface area contributed by atoms with Gasteiger partial charge in [0.2, 0.25) is 0 Å². The highest BCUT2D eigenvalue weighted by Gasteiger charge is 2.57. The van der Waals surface area contributed by atoms with Crippen LogP contribution in [0.1, 0.15) is 20.1 Å². The number of hydrogen-bond acceptors (Lipinski definition) is 18. The number of ether oxygens (including phenoxy) is 4. The van der Waals surface area contributed by atoms with Gasteiger partial charge in [-0.15, -0.1) is 0 Å². The third kappa shape index (κ3) is 6.63. The Labute approximate surface area is 241 Å². The molecule has 0 spiro atoms. The lowest BCUT2D eigenvalue weighted by Gasteiger charge is -2.41. The van der Waals surface area contributed by atoms with Crippen LogP contribution in [0.2, 0.25) is 0 Å². The van der Waals surface area contributed by atoms with E-state index in [0.29, 0.717) is 11.2 Å². The maximum absolute atomic E-state index is 12.6. The second-order valence-electron chi connectivity index (χ2n) is 10.3. The summed E-state index contributed by atoms with van der Waals surface area (Å²) in [6, 6.07) is 0. The highest BCUT2D eigenvalue weighted by molar-refractivity contribution is 7.61. The minimum absolute atomic E-state index is 0.119. The van der Waals surface area contributed by atoms with Crippen LogP contribution in [0.4, 0.5) is 5.82 Å². The molecule has 0 saturated carbocycles. The largest absolute Gasteiger partial charge is 0.483 e. The number of rotatable bonds is 10. The maximum atomic E-state index is 12.6. The zero-order valence-corrected chi connectivity index (χ0v) is 24.2. The third-order valence-corrected chi connectivity index (χ3v) is 9.41. The van der Waals surface area contributed by atoms with E-state index >= 15 is 0 Å². The van der Waals surface area contributed by atoms with Crippen LogP contribution in [0.25, 0.3) is 11.2 Å². The summed E-state index contributed by atoms with van der Waals surface area (Å²) in [6.07, 6.45) is -13.1. The van der Waals surface area contributed by atoms with Crippen molar-refractivity contribution in [1.82, 2.24) is 19.5 Å². The first kappa shape index (κ1) is 32.6. The van der Waals surface area contributed by atoms with Crippen molar-refractivity contribution in [1.29, 1.82) is 0 Å². The fourth-order valence-electron chi connectivity index (χ4n) is 4.93. The first-order chi connectivity index (χ1) is 20.0. The Hall–Kier alpha value is -1.75. The lowest BCUT2D eigenvalue weighted by atomic mass is 9.96. The first-order valence-corrected chi connectivity index (χ1v) is 15.6. The Bertz CT molecular complexity index is 1410. The number of phosphoric ester groups is 2. The van der Waals surface area contributed by atoms with E-state index in [0.717, 1.165) is 0 Å². The van der Waals surface area contributed by atoms with Gasteiger partial charge in [0.25, 0.3) is 0 Å². The molecule has 11 unspecified atom stereocenters. The molecule has 23 heteroatoms. The van der Waals surface area contributed by atoms with Crippen molar-refractivity contribution in [2.24, 2.45) is 0 Å². The molecule has 21 nitrogen and oxygen atoms in total. The van der Waals surface area contributed by atoms with Crippen LogP contribution >= 0.6 is 15.6 Å². The lowest BCUT2D eigenvalue weighted by molar-refractivity contribution is -0.292. The molecule has 43 heavy (non-hydrogen) atoms. The number of nitrogen functional groups attached to an aromatic ring is 1. The fraction of sp³-hybridized carbons (Fsp3) is 0.750. The molecule has 12 atom stereocenters. The van der Waals surface area contributed by atoms with Crippen molar-refractivity contribution in [2.75, 3.05) is 18.9 Å². The van der Waals surface area contributed by atoms with Gasteiger partial charge in [-0.25, -0.2) is 24.1 Å². The molecule has 2 aromatic heterocycles. The molecule has 3 saturated heterocycles.